The molecule has 0 aliphatic heterocycles. The molecular weight excluding hydrogens is 188 g/mol. The molecule has 0 amide bonds. The second-order valence-electron chi connectivity index (χ2n) is 3.57. The molecule has 2 heteroatoms. The van der Waals surface area contributed by atoms with Gasteiger partial charge in [-0.2, -0.15) is 0 Å². The number of hydrogen-bond acceptors (Lipinski definition) is 1. The lowest BCUT2D eigenvalue weighted by molar-refractivity contribution is 0.515. The third kappa shape index (κ3) is 2.69. The minimum absolute atomic E-state index is 0.0616. The summed E-state index contributed by atoms with van der Waals surface area (Å²) in [6.07, 6.45) is 2.17. The highest BCUT2D eigenvalue weighted by molar-refractivity contribution is 6.28. The van der Waals surface area contributed by atoms with E-state index < -0.39 is 0 Å². The van der Waals surface area contributed by atoms with Crippen LogP contribution in [-0.4, -0.2) is 14.6 Å². The Kier molecular flexibility index (Phi) is 4.91. The minimum atomic E-state index is 0.0616. The lowest BCUT2D eigenvalue weighted by atomic mass is 9.91. The minimum Gasteiger partial charge on any atom is -0.431 e. The van der Waals surface area contributed by atoms with Crippen molar-refractivity contribution < 1.29 is 4.80 Å². The van der Waals surface area contributed by atoms with E-state index >= 15 is 0 Å². The zero-order valence-corrected chi connectivity index (χ0v) is 9.90. The molecule has 0 aliphatic rings. The van der Waals surface area contributed by atoms with Gasteiger partial charge in [0.05, 0.1) is 0 Å². The Morgan fingerprint density at radius 1 is 1.14 bits per heavy atom. The van der Waals surface area contributed by atoms with Crippen LogP contribution in [0.1, 0.15) is 38.2 Å². The summed E-state index contributed by atoms with van der Waals surface area (Å²) in [5.74, 6) is 0.518. The molecule has 2 radical (unpaired) electrons. The van der Waals surface area contributed by atoms with E-state index in [-0.39, 0.29) is 9.76 Å². The Labute approximate surface area is 89.1 Å². The molecule has 0 aromatic heterocycles. The summed E-state index contributed by atoms with van der Waals surface area (Å²) in [5, 5.41) is 0. The molecule has 1 aromatic carbocycles. The van der Waals surface area contributed by atoms with Crippen LogP contribution in [0, 0.1) is 0 Å². The molecule has 1 aromatic rings. The molecular formula is C12H18OSi. The van der Waals surface area contributed by atoms with Crippen molar-refractivity contribution in [2.45, 2.75) is 38.1 Å². The Hall–Kier alpha value is -0.603. The average Bonchev–Trinajstić information content (AvgIpc) is 2.27. The van der Waals surface area contributed by atoms with Gasteiger partial charge in [-0.15, -0.1) is 0 Å². The molecule has 0 saturated heterocycles. The van der Waals surface area contributed by atoms with Gasteiger partial charge in [-0.3, -0.25) is 0 Å². The maximum Gasteiger partial charge on any atom is 0.228 e. The first-order valence-corrected chi connectivity index (χ1v) is 6.30. The van der Waals surface area contributed by atoms with Gasteiger partial charge in [-0.1, -0.05) is 50.6 Å². The second-order valence-corrected chi connectivity index (χ2v) is 4.57. The van der Waals surface area contributed by atoms with Gasteiger partial charge in [0.15, 0.2) is 0 Å². The van der Waals surface area contributed by atoms with Crippen molar-refractivity contribution in [2.75, 3.05) is 0 Å². The van der Waals surface area contributed by atoms with Crippen molar-refractivity contribution in [2.24, 2.45) is 0 Å². The highest BCUT2D eigenvalue weighted by Gasteiger charge is 2.20. The fourth-order valence-corrected chi connectivity index (χ4v) is 2.71. The lowest BCUT2D eigenvalue weighted by Gasteiger charge is -2.22. The largest absolute Gasteiger partial charge is 0.431 e. The first-order chi connectivity index (χ1) is 6.83. The molecule has 1 N–H and O–H groups in total. The molecule has 0 fully saturated rings. The van der Waals surface area contributed by atoms with Crippen LogP contribution in [0.25, 0.3) is 0 Å². The number of benzene rings is 1. The smallest absolute Gasteiger partial charge is 0.228 e. The Morgan fingerprint density at radius 3 is 2.21 bits per heavy atom. The molecule has 0 aliphatic carbocycles. The highest BCUT2D eigenvalue weighted by atomic mass is 28.2. The van der Waals surface area contributed by atoms with Gasteiger partial charge < -0.3 is 4.80 Å². The van der Waals surface area contributed by atoms with Gasteiger partial charge in [0.1, 0.15) is 0 Å². The van der Waals surface area contributed by atoms with E-state index in [4.69, 9.17) is 0 Å². The standard InChI is InChI=1S/C12H18OSi/c1-3-11(12(4-2)14-13)10-8-6-5-7-9-10/h5-9,11-13H,3-4H2,1-2H3. The van der Waals surface area contributed by atoms with Crippen molar-refractivity contribution in [1.29, 1.82) is 0 Å². The van der Waals surface area contributed by atoms with Crippen molar-refractivity contribution in [3.05, 3.63) is 35.9 Å². The number of rotatable bonds is 5. The maximum atomic E-state index is 9.32. The van der Waals surface area contributed by atoms with E-state index in [0.29, 0.717) is 11.5 Å². The first-order valence-electron chi connectivity index (χ1n) is 5.28. The van der Waals surface area contributed by atoms with Crippen LogP contribution in [0.5, 0.6) is 0 Å². The molecule has 1 rings (SSSR count). The van der Waals surface area contributed by atoms with Gasteiger partial charge in [0, 0.05) is 0 Å². The van der Waals surface area contributed by atoms with E-state index in [1.807, 2.05) is 6.07 Å². The van der Waals surface area contributed by atoms with Gasteiger partial charge in [-0.25, -0.2) is 0 Å². The topological polar surface area (TPSA) is 20.2 Å². The average molecular weight is 206 g/mol. The van der Waals surface area contributed by atoms with Crippen LogP contribution < -0.4 is 0 Å². The molecule has 0 saturated carbocycles. The van der Waals surface area contributed by atoms with E-state index in [2.05, 4.69) is 38.1 Å². The highest BCUT2D eigenvalue weighted by Crippen LogP contribution is 2.33. The van der Waals surface area contributed by atoms with Crippen molar-refractivity contribution in [3.63, 3.8) is 0 Å². The quantitative estimate of drug-likeness (QED) is 0.734. The van der Waals surface area contributed by atoms with Crippen LogP contribution in [0.2, 0.25) is 5.54 Å². The van der Waals surface area contributed by atoms with Gasteiger partial charge in [0.2, 0.25) is 9.76 Å². The third-order valence-electron chi connectivity index (χ3n) is 2.76. The Morgan fingerprint density at radius 2 is 1.79 bits per heavy atom. The molecule has 0 heterocycles. The fraction of sp³-hybridized carbons (Fsp3) is 0.500. The molecule has 2 unspecified atom stereocenters. The summed E-state index contributed by atoms with van der Waals surface area (Å²) < 4.78 is 0. The first kappa shape index (κ1) is 11.5. The SMILES string of the molecule is CCC([Si]O)C(CC)c1ccccc1. The number of hydrogen-bond donors (Lipinski definition) is 1. The van der Waals surface area contributed by atoms with E-state index in [0.717, 1.165) is 12.8 Å². The zero-order chi connectivity index (χ0) is 10.4. The normalized spacial score (nSPS) is 15.1. The predicted octanol–water partition coefficient (Wildman–Crippen LogP) is 2.99. The monoisotopic (exact) mass is 206 g/mol. The molecule has 76 valence electrons. The fourth-order valence-electron chi connectivity index (χ4n) is 1.92. The predicted molar refractivity (Wildman–Crippen MR) is 61.5 cm³/mol. The van der Waals surface area contributed by atoms with Crippen LogP contribution in [0.4, 0.5) is 0 Å². The van der Waals surface area contributed by atoms with Crippen molar-refractivity contribution in [3.8, 4) is 0 Å². The molecule has 0 bridgehead atoms. The van der Waals surface area contributed by atoms with Gasteiger partial charge in [-0.05, 0) is 23.4 Å². The van der Waals surface area contributed by atoms with Crippen LogP contribution in [-0.2, 0) is 0 Å². The van der Waals surface area contributed by atoms with Crippen LogP contribution in [0.3, 0.4) is 0 Å². The summed E-state index contributed by atoms with van der Waals surface area (Å²) in [6.45, 7) is 4.35. The Balaban J connectivity index is 2.81. The van der Waals surface area contributed by atoms with Crippen LogP contribution in [0.15, 0.2) is 30.3 Å². The van der Waals surface area contributed by atoms with Crippen molar-refractivity contribution >= 4 is 9.76 Å². The summed E-state index contributed by atoms with van der Waals surface area (Å²) in [7, 11) is 0.0616. The molecule has 14 heavy (non-hydrogen) atoms. The zero-order valence-electron chi connectivity index (χ0n) is 8.90. The third-order valence-corrected chi connectivity index (χ3v) is 3.90. The summed E-state index contributed by atoms with van der Waals surface area (Å²) in [6, 6.07) is 10.5. The van der Waals surface area contributed by atoms with E-state index in [1.54, 1.807) is 0 Å². The molecule has 2 atom stereocenters. The van der Waals surface area contributed by atoms with Crippen LogP contribution >= 0.6 is 0 Å². The van der Waals surface area contributed by atoms with E-state index in [1.165, 1.54) is 5.56 Å². The van der Waals surface area contributed by atoms with Gasteiger partial charge in [0.25, 0.3) is 0 Å². The summed E-state index contributed by atoms with van der Waals surface area (Å²) in [4.78, 5) is 9.32. The summed E-state index contributed by atoms with van der Waals surface area (Å²) >= 11 is 0. The second kappa shape index (κ2) is 5.99. The van der Waals surface area contributed by atoms with E-state index in [9.17, 15) is 4.80 Å². The maximum absolute atomic E-state index is 9.32. The summed E-state index contributed by atoms with van der Waals surface area (Å²) in [5.41, 5.74) is 1.80. The molecule has 1 nitrogen and oxygen atoms in total. The molecule has 0 spiro atoms. The van der Waals surface area contributed by atoms with Crippen molar-refractivity contribution in [1.82, 2.24) is 0 Å². The van der Waals surface area contributed by atoms with Gasteiger partial charge >= 0.3 is 0 Å². The Bertz CT molecular complexity index is 244. The lowest BCUT2D eigenvalue weighted by Crippen LogP contribution is -2.12.